The SMILES string of the molecule is CCNC(CCc1ccccc1)c1cscn1. The Bertz CT molecular complexity index is 411. The Morgan fingerprint density at radius 3 is 2.76 bits per heavy atom. The molecule has 90 valence electrons. The fourth-order valence-corrected chi connectivity index (χ4v) is 2.56. The fraction of sp³-hybridized carbons (Fsp3) is 0.357. The molecule has 0 bridgehead atoms. The van der Waals surface area contributed by atoms with Crippen LogP contribution in [0.4, 0.5) is 0 Å². The first-order valence-corrected chi connectivity index (χ1v) is 7.00. The predicted octanol–water partition coefficient (Wildman–Crippen LogP) is 3.43. The lowest BCUT2D eigenvalue weighted by atomic mass is 10.0. The van der Waals surface area contributed by atoms with Crippen molar-refractivity contribution in [3.63, 3.8) is 0 Å². The summed E-state index contributed by atoms with van der Waals surface area (Å²) in [6, 6.07) is 11.0. The summed E-state index contributed by atoms with van der Waals surface area (Å²) in [5, 5.41) is 5.64. The summed E-state index contributed by atoms with van der Waals surface area (Å²) in [5.74, 6) is 0. The average molecular weight is 246 g/mol. The number of rotatable bonds is 6. The zero-order valence-electron chi connectivity index (χ0n) is 10.1. The van der Waals surface area contributed by atoms with E-state index in [4.69, 9.17) is 0 Å². The summed E-state index contributed by atoms with van der Waals surface area (Å²) in [7, 11) is 0. The van der Waals surface area contributed by atoms with Crippen molar-refractivity contribution in [2.24, 2.45) is 0 Å². The van der Waals surface area contributed by atoms with Crippen LogP contribution in [0.25, 0.3) is 0 Å². The first kappa shape index (κ1) is 12.3. The molecule has 3 heteroatoms. The van der Waals surface area contributed by atoms with Crippen molar-refractivity contribution >= 4 is 11.3 Å². The van der Waals surface area contributed by atoms with Crippen molar-refractivity contribution in [2.75, 3.05) is 6.54 Å². The second-order valence-corrected chi connectivity index (χ2v) is 4.77. The molecule has 2 aromatic rings. The van der Waals surface area contributed by atoms with Crippen LogP contribution >= 0.6 is 11.3 Å². The van der Waals surface area contributed by atoms with Crippen molar-refractivity contribution < 1.29 is 0 Å². The highest BCUT2D eigenvalue weighted by atomic mass is 32.1. The molecule has 0 aliphatic carbocycles. The minimum atomic E-state index is 0.381. The monoisotopic (exact) mass is 246 g/mol. The van der Waals surface area contributed by atoms with Gasteiger partial charge in [-0.05, 0) is 24.9 Å². The van der Waals surface area contributed by atoms with Crippen LogP contribution in [0.15, 0.2) is 41.2 Å². The Balaban J connectivity index is 1.95. The topological polar surface area (TPSA) is 24.9 Å². The van der Waals surface area contributed by atoms with E-state index in [1.54, 1.807) is 11.3 Å². The highest BCUT2D eigenvalue weighted by Gasteiger charge is 2.11. The van der Waals surface area contributed by atoms with Crippen LogP contribution in [0.2, 0.25) is 0 Å². The predicted molar refractivity (Wildman–Crippen MR) is 73.3 cm³/mol. The minimum absolute atomic E-state index is 0.381. The molecule has 0 aliphatic rings. The fourth-order valence-electron chi connectivity index (χ4n) is 1.95. The lowest BCUT2D eigenvalue weighted by Crippen LogP contribution is -2.21. The Labute approximate surface area is 107 Å². The average Bonchev–Trinajstić information content (AvgIpc) is 2.89. The van der Waals surface area contributed by atoms with E-state index >= 15 is 0 Å². The molecule has 0 spiro atoms. The molecule has 1 unspecified atom stereocenters. The third kappa shape index (κ3) is 3.65. The number of thiazole rings is 1. The first-order valence-electron chi connectivity index (χ1n) is 6.05. The maximum absolute atomic E-state index is 4.40. The highest BCUT2D eigenvalue weighted by Crippen LogP contribution is 2.19. The lowest BCUT2D eigenvalue weighted by molar-refractivity contribution is 0.506. The van der Waals surface area contributed by atoms with Gasteiger partial charge in [0.1, 0.15) is 0 Å². The van der Waals surface area contributed by atoms with Crippen molar-refractivity contribution in [3.05, 3.63) is 52.5 Å². The molecule has 2 rings (SSSR count). The van der Waals surface area contributed by atoms with Crippen LogP contribution in [-0.4, -0.2) is 11.5 Å². The second kappa shape index (κ2) is 6.52. The van der Waals surface area contributed by atoms with Gasteiger partial charge in [0.15, 0.2) is 0 Å². The molecule has 0 radical (unpaired) electrons. The Morgan fingerprint density at radius 1 is 1.29 bits per heavy atom. The number of hydrogen-bond acceptors (Lipinski definition) is 3. The van der Waals surface area contributed by atoms with Crippen LogP contribution in [0.3, 0.4) is 0 Å². The molecule has 1 aromatic heterocycles. The van der Waals surface area contributed by atoms with Gasteiger partial charge in [-0.1, -0.05) is 37.3 Å². The molecular formula is C14H18N2S. The van der Waals surface area contributed by atoms with Gasteiger partial charge in [-0.25, -0.2) is 4.98 Å². The van der Waals surface area contributed by atoms with Crippen molar-refractivity contribution in [3.8, 4) is 0 Å². The van der Waals surface area contributed by atoms with Gasteiger partial charge in [-0.3, -0.25) is 0 Å². The lowest BCUT2D eigenvalue weighted by Gasteiger charge is -2.15. The zero-order chi connectivity index (χ0) is 11.9. The Kier molecular flexibility index (Phi) is 4.71. The van der Waals surface area contributed by atoms with Gasteiger partial charge in [0.25, 0.3) is 0 Å². The maximum atomic E-state index is 4.40. The Morgan fingerprint density at radius 2 is 2.12 bits per heavy atom. The normalized spacial score (nSPS) is 12.5. The van der Waals surface area contributed by atoms with Gasteiger partial charge >= 0.3 is 0 Å². The molecule has 0 saturated heterocycles. The van der Waals surface area contributed by atoms with Gasteiger partial charge in [-0.15, -0.1) is 11.3 Å². The van der Waals surface area contributed by atoms with Gasteiger partial charge in [-0.2, -0.15) is 0 Å². The van der Waals surface area contributed by atoms with E-state index < -0.39 is 0 Å². The Hall–Kier alpha value is -1.19. The van der Waals surface area contributed by atoms with Crippen molar-refractivity contribution in [1.82, 2.24) is 10.3 Å². The van der Waals surface area contributed by atoms with Gasteiger partial charge in [0, 0.05) is 5.38 Å². The number of hydrogen-bond donors (Lipinski definition) is 1. The van der Waals surface area contributed by atoms with E-state index in [2.05, 4.69) is 52.9 Å². The van der Waals surface area contributed by atoms with E-state index in [1.807, 2.05) is 5.51 Å². The van der Waals surface area contributed by atoms with Gasteiger partial charge < -0.3 is 5.32 Å². The quantitative estimate of drug-likeness (QED) is 0.844. The largest absolute Gasteiger partial charge is 0.309 e. The molecule has 1 aromatic carbocycles. The third-order valence-electron chi connectivity index (χ3n) is 2.82. The molecule has 1 atom stereocenters. The van der Waals surface area contributed by atoms with Gasteiger partial charge in [0.05, 0.1) is 17.2 Å². The van der Waals surface area contributed by atoms with E-state index in [0.29, 0.717) is 6.04 Å². The number of benzene rings is 1. The third-order valence-corrected chi connectivity index (χ3v) is 3.43. The van der Waals surface area contributed by atoms with Crippen LogP contribution in [0.5, 0.6) is 0 Å². The molecule has 1 heterocycles. The molecule has 0 saturated carbocycles. The number of nitrogens with zero attached hydrogens (tertiary/aromatic N) is 1. The summed E-state index contributed by atoms with van der Waals surface area (Å²) < 4.78 is 0. The van der Waals surface area contributed by atoms with Crippen LogP contribution in [0.1, 0.15) is 30.6 Å². The molecular weight excluding hydrogens is 228 g/mol. The summed E-state index contributed by atoms with van der Waals surface area (Å²) in [4.78, 5) is 4.40. The van der Waals surface area contributed by atoms with Crippen LogP contribution in [-0.2, 0) is 6.42 Å². The molecule has 17 heavy (non-hydrogen) atoms. The van der Waals surface area contributed by atoms with Crippen LogP contribution in [0, 0.1) is 0 Å². The summed E-state index contributed by atoms with van der Waals surface area (Å²) >= 11 is 1.66. The smallest absolute Gasteiger partial charge is 0.0795 e. The van der Waals surface area contributed by atoms with E-state index in [-0.39, 0.29) is 0 Å². The van der Waals surface area contributed by atoms with E-state index in [1.165, 1.54) is 11.3 Å². The molecule has 0 amide bonds. The van der Waals surface area contributed by atoms with E-state index in [9.17, 15) is 0 Å². The summed E-state index contributed by atoms with van der Waals surface area (Å²) in [6.45, 7) is 3.12. The number of aryl methyl sites for hydroxylation is 1. The van der Waals surface area contributed by atoms with Crippen molar-refractivity contribution in [1.29, 1.82) is 0 Å². The summed E-state index contributed by atoms with van der Waals surface area (Å²) in [6.07, 6.45) is 2.19. The van der Waals surface area contributed by atoms with Crippen molar-refractivity contribution in [2.45, 2.75) is 25.8 Å². The van der Waals surface area contributed by atoms with Crippen LogP contribution < -0.4 is 5.32 Å². The minimum Gasteiger partial charge on any atom is -0.309 e. The summed E-state index contributed by atoms with van der Waals surface area (Å²) in [5.41, 5.74) is 4.47. The second-order valence-electron chi connectivity index (χ2n) is 4.05. The van der Waals surface area contributed by atoms with Gasteiger partial charge in [0.2, 0.25) is 0 Å². The molecule has 0 fully saturated rings. The maximum Gasteiger partial charge on any atom is 0.0795 e. The number of aromatic nitrogens is 1. The first-order chi connectivity index (χ1) is 8.40. The standard InChI is InChI=1S/C14H18N2S/c1-2-15-13(14-10-17-11-16-14)9-8-12-6-4-3-5-7-12/h3-7,10-11,13,15H,2,8-9H2,1H3. The molecule has 2 nitrogen and oxygen atoms in total. The van der Waals surface area contributed by atoms with E-state index in [0.717, 1.165) is 19.4 Å². The molecule has 1 N–H and O–H groups in total. The highest BCUT2D eigenvalue weighted by molar-refractivity contribution is 7.07. The number of nitrogens with one attached hydrogen (secondary N) is 1. The zero-order valence-corrected chi connectivity index (χ0v) is 10.9. The molecule has 0 aliphatic heterocycles.